The monoisotopic (exact) mass is 368 g/mol. The maximum atomic E-state index is 12.2. The van der Waals surface area contributed by atoms with Crippen molar-refractivity contribution in [2.45, 2.75) is 25.8 Å². The van der Waals surface area contributed by atoms with Gasteiger partial charge >= 0.3 is 0 Å². The predicted molar refractivity (Wildman–Crippen MR) is 102 cm³/mol. The minimum absolute atomic E-state index is 0.0427. The molecule has 0 bridgehead atoms. The van der Waals surface area contributed by atoms with E-state index >= 15 is 0 Å². The minimum Gasteiger partial charge on any atom is -0.497 e. The molecule has 0 aliphatic carbocycles. The van der Waals surface area contributed by atoms with Gasteiger partial charge in [-0.25, -0.2) is 0 Å². The van der Waals surface area contributed by atoms with Crippen molar-refractivity contribution in [3.8, 4) is 11.5 Å². The summed E-state index contributed by atoms with van der Waals surface area (Å²) in [6, 6.07) is 5.38. The second-order valence-corrected chi connectivity index (χ2v) is 7.25. The molecule has 1 heterocycles. The Labute approximate surface area is 153 Å². The summed E-state index contributed by atoms with van der Waals surface area (Å²) in [5.41, 5.74) is 0.886. The molecule has 1 fully saturated rings. The zero-order chi connectivity index (χ0) is 17.5. The summed E-state index contributed by atoms with van der Waals surface area (Å²) in [5, 5.41) is 2.99. The number of rotatable bonds is 6. The number of thioether (sulfide) groups is 1. The van der Waals surface area contributed by atoms with Gasteiger partial charge in [-0.2, -0.15) is 0 Å². The van der Waals surface area contributed by atoms with Crippen LogP contribution in [0.3, 0.4) is 0 Å². The van der Waals surface area contributed by atoms with Gasteiger partial charge in [-0.15, -0.1) is 0 Å². The maximum Gasteiger partial charge on any atom is 0.230 e. The molecular formula is C17H24N2O3S2. The third-order valence-corrected chi connectivity index (χ3v) is 5.50. The van der Waals surface area contributed by atoms with Crippen LogP contribution in [0.4, 0.5) is 0 Å². The number of methoxy groups -OCH3 is 2. The van der Waals surface area contributed by atoms with E-state index in [4.69, 9.17) is 21.7 Å². The lowest BCUT2D eigenvalue weighted by molar-refractivity contribution is -0.119. The number of likely N-dealkylation sites (tertiary alicyclic amines) is 1. The Morgan fingerprint density at radius 2 is 2.04 bits per heavy atom. The standard InChI is InChI=1S/C17H24N2O3S2/c1-12(14-10-13(21-2)6-7-15(14)22-3)18-16(20)11-24-17(23)19-8-4-5-9-19/h6-7,10,12H,4-5,8-9,11H2,1-3H3,(H,18,20)/t12-/m1/s1. The van der Waals surface area contributed by atoms with Crippen LogP contribution in [0.1, 0.15) is 31.4 Å². The van der Waals surface area contributed by atoms with Gasteiger partial charge in [0.05, 0.1) is 26.0 Å². The van der Waals surface area contributed by atoms with Gasteiger partial charge < -0.3 is 19.7 Å². The van der Waals surface area contributed by atoms with Crippen LogP contribution in [-0.4, -0.2) is 48.2 Å². The van der Waals surface area contributed by atoms with Crippen molar-refractivity contribution < 1.29 is 14.3 Å². The second kappa shape index (κ2) is 9.13. The molecule has 7 heteroatoms. The highest BCUT2D eigenvalue weighted by Gasteiger charge is 2.18. The van der Waals surface area contributed by atoms with E-state index in [9.17, 15) is 4.79 Å². The molecule has 1 N–H and O–H groups in total. The zero-order valence-corrected chi connectivity index (χ0v) is 16.0. The summed E-state index contributed by atoms with van der Waals surface area (Å²) < 4.78 is 11.4. The molecule has 1 aliphatic heterocycles. The van der Waals surface area contributed by atoms with Crippen LogP contribution < -0.4 is 14.8 Å². The van der Waals surface area contributed by atoms with E-state index in [1.807, 2.05) is 25.1 Å². The summed E-state index contributed by atoms with van der Waals surface area (Å²) >= 11 is 6.81. The fourth-order valence-electron chi connectivity index (χ4n) is 2.66. The fourth-order valence-corrected chi connectivity index (χ4v) is 3.72. The molecule has 5 nitrogen and oxygen atoms in total. The van der Waals surface area contributed by atoms with E-state index in [0.717, 1.165) is 34.5 Å². The topological polar surface area (TPSA) is 50.8 Å². The number of hydrogen-bond acceptors (Lipinski definition) is 5. The van der Waals surface area contributed by atoms with Crippen LogP contribution in [0.5, 0.6) is 11.5 Å². The van der Waals surface area contributed by atoms with Gasteiger partial charge in [0.15, 0.2) is 0 Å². The quantitative estimate of drug-likeness (QED) is 0.779. The summed E-state index contributed by atoms with van der Waals surface area (Å²) in [7, 11) is 3.23. The largest absolute Gasteiger partial charge is 0.497 e. The average Bonchev–Trinajstić information content (AvgIpc) is 3.13. The van der Waals surface area contributed by atoms with Gasteiger partial charge in [0.2, 0.25) is 5.91 Å². The third-order valence-electron chi connectivity index (χ3n) is 3.97. The van der Waals surface area contributed by atoms with Crippen LogP contribution in [-0.2, 0) is 4.79 Å². The number of hydrogen-bond donors (Lipinski definition) is 1. The van der Waals surface area contributed by atoms with Crippen molar-refractivity contribution >= 4 is 34.2 Å². The SMILES string of the molecule is COc1ccc(OC)c([C@@H](C)NC(=O)CSC(=S)N2CCCC2)c1. The number of carbonyl (C=O) groups excluding carboxylic acids is 1. The number of ether oxygens (including phenoxy) is 2. The Kier molecular flexibility index (Phi) is 7.17. The van der Waals surface area contributed by atoms with E-state index in [1.165, 1.54) is 24.6 Å². The molecule has 1 amide bonds. The molecule has 132 valence electrons. The lowest BCUT2D eigenvalue weighted by Gasteiger charge is -2.20. The molecule has 0 aromatic heterocycles. The van der Waals surface area contributed by atoms with Crippen LogP contribution in [0.2, 0.25) is 0 Å². The molecule has 1 atom stereocenters. The Morgan fingerprint density at radius 1 is 1.33 bits per heavy atom. The third kappa shape index (κ3) is 5.01. The smallest absolute Gasteiger partial charge is 0.230 e. The highest BCUT2D eigenvalue weighted by Crippen LogP contribution is 2.29. The van der Waals surface area contributed by atoms with Gasteiger partial charge in [0.25, 0.3) is 0 Å². The van der Waals surface area contributed by atoms with E-state index in [-0.39, 0.29) is 11.9 Å². The van der Waals surface area contributed by atoms with Crippen molar-refractivity contribution in [1.82, 2.24) is 10.2 Å². The van der Waals surface area contributed by atoms with Gasteiger partial charge in [0, 0.05) is 18.7 Å². The van der Waals surface area contributed by atoms with Crippen LogP contribution in [0, 0.1) is 0 Å². The zero-order valence-electron chi connectivity index (χ0n) is 14.3. The Balaban J connectivity index is 1.90. The summed E-state index contributed by atoms with van der Waals surface area (Å²) in [6.07, 6.45) is 2.36. The molecule has 0 saturated carbocycles. The lowest BCUT2D eigenvalue weighted by atomic mass is 10.1. The van der Waals surface area contributed by atoms with E-state index < -0.39 is 0 Å². The molecule has 0 spiro atoms. The van der Waals surface area contributed by atoms with Gasteiger partial charge in [-0.1, -0.05) is 24.0 Å². The molecule has 0 radical (unpaired) electrons. The van der Waals surface area contributed by atoms with E-state index in [0.29, 0.717) is 5.75 Å². The molecule has 24 heavy (non-hydrogen) atoms. The number of amides is 1. The van der Waals surface area contributed by atoms with Crippen molar-refractivity contribution in [1.29, 1.82) is 0 Å². The number of nitrogens with one attached hydrogen (secondary N) is 1. The highest BCUT2D eigenvalue weighted by atomic mass is 32.2. The molecule has 1 aromatic carbocycles. The Hall–Kier alpha value is -1.47. The summed E-state index contributed by atoms with van der Waals surface area (Å²) in [6.45, 7) is 3.94. The average molecular weight is 369 g/mol. The highest BCUT2D eigenvalue weighted by molar-refractivity contribution is 8.23. The van der Waals surface area contributed by atoms with Crippen molar-refractivity contribution in [3.63, 3.8) is 0 Å². The normalized spacial score (nSPS) is 15.0. The fraction of sp³-hybridized carbons (Fsp3) is 0.529. The van der Waals surface area contributed by atoms with Gasteiger partial charge in [-0.05, 0) is 38.0 Å². The first-order valence-corrected chi connectivity index (χ1v) is 9.37. The van der Waals surface area contributed by atoms with Crippen LogP contribution in [0.15, 0.2) is 18.2 Å². The van der Waals surface area contributed by atoms with Crippen LogP contribution >= 0.6 is 24.0 Å². The molecule has 2 rings (SSSR count). The lowest BCUT2D eigenvalue weighted by Crippen LogP contribution is -2.30. The van der Waals surface area contributed by atoms with Gasteiger partial charge in [0.1, 0.15) is 15.8 Å². The van der Waals surface area contributed by atoms with Crippen molar-refractivity contribution in [3.05, 3.63) is 23.8 Å². The number of nitrogens with zero attached hydrogens (tertiary/aromatic N) is 1. The van der Waals surface area contributed by atoms with Gasteiger partial charge in [-0.3, -0.25) is 4.79 Å². The number of thiocarbonyl (C=S) groups is 1. The van der Waals surface area contributed by atoms with Crippen LogP contribution in [0.25, 0.3) is 0 Å². The Morgan fingerprint density at radius 3 is 2.67 bits per heavy atom. The maximum absolute atomic E-state index is 12.2. The summed E-state index contributed by atoms with van der Waals surface area (Å²) in [5.74, 6) is 1.74. The number of carbonyl (C=O) groups is 1. The van der Waals surface area contributed by atoms with E-state index in [2.05, 4.69) is 10.2 Å². The van der Waals surface area contributed by atoms with E-state index in [1.54, 1.807) is 14.2 Å². The first-order valence-electron chi connectivity index (χ1n) is 7.98. The molecular weight excluding hydrogens is 344 g/mol. The second-order valence-electron chi connectivity index (χ2n) is 5.65. The van der Waals surface area contributed by atoms with Crippen molar-refractivity contribution in [2.24, 2.45) is 0 Å². The first kappa shape index (κ1) is 18.9. The first-order chi connectivity index (χ1) is 11.5. The summed E-state index contributed by atoms with van der Waals surface area (Å²) in [4.78, 5) is 14.4. The molecule has 1 saturated heterocycles. The Bertz CT molecular complexity index is 589. The molecule has 1 aromatic rings. The predicted octanol–water partition coefficient (Wildman–Crippen LogP) is 2.99. The molecule has 1 aliphatic rings. The number of benzene rings is 1. The minimum atomic E-state index is -0.177. The molecule has 0 unspecified atom stereocenters. The van der Waals surface area contributed by atoms with Crippen molar-refractivity contribution in [2.75, 3.05) is 33.1 Å².